The summed E-state index contributed by atoms with van der Waals surface area (Å²) < 4.78 is 0. The van der Waals surface area contributed by atoms with Gasteiger partial charge in [-0.15, -0.1) is 0 Å². The van der Waals surface area contributed by atoms with Crippen molar-refractivity contribution in [2.24, 2.45) is 0 Å². The number of rotatable bonds is 4. The van der Waals surface area contributed by atoms with E-state index in [1.807, 2.05) is 64.1 Å². The van der Waals surface area contributed by atoms with Crippen molar-refractivity contribution in [2.75, 3.05) is 0 Å². The number of aromatic amines is 2. The highest BCUT2D eigenvalue weighted by Gasteiger charge is 2.11. The molecule has 0 spiro atoms. The molecule has 0 atom stereocenters. The highest BCUT2D eigenvalue weighted by molar-refractivity contribution is 5.73. The molecule has 0 aliphatic rings. The highest BCUT2D eigenvalue weighted by Crippen LogP contribution is 2.27. The first-order valence-corrected chi connectivity index (χ1v) is 10.6. The lowest BCUT2D eigenvalue weighted by Crippen LogP contribution is -1.85. The number of nitrogens with one attached hydrogen (secondary N) is 2. The average Bonchev–Trinajstić information content (AvgIpc) is 3.59. The number of hydrogen-bond acceptors (Lipinski definition) is 6. The lowest BCUT2D eigenvalue weighted by atomic mass is 10.1. The van der Waals surface area contributed by atoms with E-state index in [2.05, 4.69) is 40.3 Å². The van der Waals surface area contributed by atoms with Gasteiger partial charge in [-0.3, -0.25) is 10.2 Å². The summed E-state index contributed by atoms with van der Waals surface area (Å²) in [5, 5.41) is 14.8. The second-order valence-electron chi connectivity index (χ2n) is 6.06. The molecule has 0 radical (unpaired) electrons. The average molecular weight is 427 g/mol. The van der Waals surface area contributed by atoms with Gasteiger partial charge in [0.15, 0.2) is 11.6 Å². The van der Waals surface area contributed by atoms with Gasteiger partial charge in [-0.25, -0.2) is 19.9 Å². The van der Waals surface area contributed by atoms with Gasteiger partial charge in [0.2, 0.25) is 0 Å². The third-order valence-corrected chi connectivity index (χ3v) is 4.22. The maximum absolute atomic E-state index is 4.40. The van der Waals surface area contributed by atoms with Crippen LogP contribution < -0.4 is 0 Å². The van der Waals surface area contributed by atoms with Crippen molar-refractivity contribution in [2.45, 2.75) is 27.7 Å². The van der Waals surface area contributed by atoms with Crippen molar-refractivity contribution >= 4 is 0 Å². The molecule has 5 aromatic rings. The van der Waals surface area contributed by atoms with Gasteiger partial charge < -0.3 is 0 Å². The fraction of sp³-hybridized carbons (Fsp3) is 0.167. The Bertz CT molecular complexity index is 1120. The number of hydrogen-bond donors (Lipinski definition) is 2. The minimum absolute atomic E-state index is 0.609. The molecule has 0 unspecified atom stereocenters. The normalized spacial score (nSPS) is 9.88. The molecule has 32 heavy (non-hydrogen) atoms. The first kappa shape index (κ1) is 22.5. The molecule has 4 aromatic heterocycles. The van der Waals surface area contributed by atoms with Crippen molar-refractivity contribution < 1.29 is 0 Å². The van der Waals surface area contributed by atoms with Crippen LogP contribution in [-0.2, 0) is 0 Å². The summed E-state index contributed by atoms with van der Waals surface area (Å²) >= 11 is 0. The van der Waals surface area contributed by atoms with Crippen LogP contribution in [0.4, 0.5) is 0 Å². The second kappa shape index (κ2) is 11.3. The van der Waals surface area contributed by atoms with Crippen molar-refractivity contribution in [3.05, 3.63) is 73.3 Å². The van der Waals surface area contributed by atoms with Gasteiger partial charge in [-0.2, -0.15) is 10.2 Å². The van der Waals surface area contributed by atoms with Crippen LogP contribution >= 0.6 is 0 Å². The van der Waals surface area contributed by atoms with Crippen LogP contribution in [0.3, 0.4) is 0 Å². The Balaban J connectivity index is 0.000000686. The smallest absolute Gasteiger partial charge is 0.177 e. The van der Waals surface area contributed by atoms with E-state index in [0.717, 1.165) is 33.9 Å². The maximum atomic E-state index is 4.40. The number of nitrogens with zero attached hydrogens (tertiary/aromatic N) is 6. The summed E-state index contributed by atoms with van der Waals surface area (Å²) in [6.07, 6.45) is 6.81. The van der Waals surface area contributed by atoms with E-state index >= 15 is 0 Å². The summed E-state index contributed by atoms with van der Waals surface area (Å²) in [5.41, 5.74) is 5.10. The second-order valence-corrected chi connectivity index (χ2v) is 6.06. The molecule has 2 N–H and O–H groups in total. The molecule has 4 heterocycles. The molecule has 0 bridgehead atoms. The van der Waals surface area contributed by atoms with Gasteiger partial charge in [0.05, 0.1) is 11.4 Å². The third-order valence-electron chi connectivity index (χ3n) is 4.22. The van der Waals surface area contributed by atoms with Crippen LogP contribution in [0, 0.1) is 0 Å². The van der Waals surface area contributed by atoms with Crippen LogP contribution in [0.15, 0.2) is 73.3 Å². The van der Waals surface area contributed by atoms with E-state index in [1.165, 1.54) is 0 Å². The SMILES string of the molecule is CC.CC.c1cnc(-c2cc(-c3cccc(-c4cc(-c5ncccn5)[nH]n4)c3)n[nH]2)nc1. The molecular weight excluding hydrogens is 400 g/mol. The Labute approximate surface area is 187 Å². The lowest BCUT2D eigenvalue weighted by molar-refractivity contribution is 1.06. The van der Waals surface area contributed by atoms with E-state index in [9.17, 15) is 0 Å². The Kier molecular flexibility index (Phi) is 7.91. The molecule has 162 valence electrons. The minimum atomic E-state index is 0.609. The first-order chi connectivity index (χ1) is 15.9. The van der Waals surface area contributed by atoms with E-state index in [-0.39, 0.29) is 0 Å². The van der Waals surface area contributed by atoms with Crippen LogP contribution in [0.1, 0.15) is 27.7 Å². The fourth-order valence-corrected chi connectivity index (χ4v) is 2.88. The zero-order valence-corrected chi connectivity index (χ0v) is 18.6. The van der Waals surface area contributed by atoms with Crippen molar-refractivity contribution in [1.29, 1.82) is 0 Å². The maximum Gasteiger partial charge on any atom is 0.177 e. The molecule has 0 amide bonds. The number of benzene rings is 1. The quantitative estimate of drug-likeness (QED) is 0.396. The van der Waals surface area contributed by atoms with Gasteiger partial charge >= 0.3 is 0 Å². The zero-order valence-electron chi connectivity index (χ0n) is 18.6. The molecule has 0 aliphatic heterocycles. The van der Waals surface area contributed by atoms with E-state index in [0.29, 0.717) is 11.6 Å². The van der Waals surface area contributed by atoms with Crippen LogP contribution in [0.2, 0.25) is 0 Å². The first-order valence-electron chi connectivity index (χ1n) is 10.6. The van der Waals surface area contributed by atoms with Gasteiger partial charge in [0, 0.05) is 35.9 Å². The van der Waals surface area contributed by atoms with E-state index in [4.69, 9.17) is 0 Å². The van der Waals surface area contributed by atoms with E-state index in [1.54, 1.807) is 36.9 Å². The van der Waals surface area contributed by atoms with Crippen LogP contribution in [-0.4, -0.2) is 40.3 Å². The monoisotopic (exact) mass is 426 g/mol. The highest BCUT2D eigenvalue weighted by atomic mass is 15.1. The molecule has 0 aliphatic carbocycles. The van der Waals surface area contributed by atoms with Crippen molar-refractivity contribution in [1.82, 2.24) is 40.3 Å². The topological polar surface area (TPSA) is 109 Å². The van der Waals surface area contributed by atoms with Crippen LogP contribution in [0.25, 0.3) is 45.6 Å². The molecule has 1 aromatic carbocycles. The number of H-pyrrole nitrogens is 2. The molecule has 8 heteroatoms. The molecular formula is C24H26N8. The standard InChI is InChI=1S/C20H14N8.2C2H6/c1-4-13(15-11-17(27-25-15)19-21-6-2-7-22-19)10-14(5-1)16-12-18(28-26-16)20-23-8-3-9-24-20;2*1-2/h1-12H,(H,25,27)(H,26,28);2*1-2H3. The summed E-state index contributed by atoms with van der Waals surface area (Å²) in [6, 6.07) is 15.4. The molecule has 5 rings (SSSR count). The Morgan fingerprint density at radius 2 is 0.938 bits per heavy atom. The summed E-state index contributed by atoms with van der Waals surface area (Å²) in [5.74, 6) is 1.22. The zero-order chi connectivity index (χ0) is 22.8. The Hall–Kier alpha value is -4.20. The minimum Gasteiger partial charge on any atom is -0.274 e. The Morgan fingerprint density at radius 1 is 0.531 bits per heavy atom. The lowest BCUT2D eigenvalue weighted by Gasteiger charge is -2.00. The summed E-state index contributed by atoms with van der Waals surface area (Å²) in [4.78, 5) is 17.0. The predicted molar refractivity (Wildman–Crippen MR) is 126 cm³/mol. The van der Waals surface area contributed by atoms with Crippen LogP contribution in [0.5, 0.6) is 0 Å². The summed E-state index contributed by atoms with van der Waals surface area (Å²) in [7, 11) is 0. The predicted octanol–water partition coefficient (Wildman–Crippen LogP) is 5.43. The van der Waals surface area contributed by atoms with Gasteiger partial charge in [-0.05, 0) is 30.3 Å². The molecule has 0 saturated heterocycles. The van der Waals surface area contributed by atoms with Crippen molar-refractivity contribution in [3.63, 3.8) is 0 Å². The molecule has 0 fully saturated rings. The Morgan fingerprint density at radius 3 is 1.34 bits per heavy atom. The fourth-order valence-electron chi connectivity index (χ4n) is 2.88. The van der Waals surface area contributed by atoms with Gasteiger partial charge in [0.25, 0.3) is 0 Å². The third kappa shape index (κ3) is 5.10. The van der Waals surface area contributed by atoms with Gasteiger partial charge in [0.1, 0.15) is 11.4 Å². The van der Waals surface area contributed by atoms with Gasteiger partial charge in [-0.1, -0.05) is 45.9 Å². The summed E-state index contributed by atoms with van der Waals surface area (Å²) in [6.45, 7) is 8.00. The molecule has 8 nitrogen and oxygen atoms in total. The van der Waals surface area contributed by atoms with E-state index < -0.39 is 0 Å². The molecule has 0 saturated carbocycles. The largest absolute Gasteiger partial charge is 0.274 e. The van der Waals surface area contributed by atoms with Crippen molar-refractivity contribution in [3.8, 4) is 45.6 Å². The number of aromatic nitrogens is 8.